The van der Waals surface area contributed by atoms with Crippen molar-refractivity contribution in [2.24, 2.45) is 5.41 Å². The van der Waals surface area contributed by atoms with Crippen molar-refractivity contribution in [3.63, 3.8) is 0 Å². The van der Waals surface area contributed by atoms with Gasteiger partial charge in [-0.3, -0.25) is 9.78 Å². The van der Waals surface area contributed by atoms with Crippen molar-refractivity contribution < 1.29 is 28.9 Å². The van der Waals surface area contributed by atoms with Gasteiger partial charge in [-0.15, -0.1) is 0 Å². The molecule has 184 valence electrons. The molecule has 1 aliphatic heterocycles. The summed E-state index contributed by atoms with van der Waals surface area (Å²) in [6.45, 7) is 8.22. The molecule has 1 aromatic carbocycles. The summed E-state index contributed by atoms with van der Waals surface area (Å²) < 4.78 is 16.7. The highest BCUT2D eigenvalue weighted by atomic mass is 16.6. The van der Waals surface area contributed by atoms with Crippen molar-refractivity contribution >= 4 is 12.1 Å². The van der Waals surface area contributed by atoms with Gasteiger partial charge in [-0.1, -0.05) is 30.3 Å². The number of benzene rings is 1. The normalized spacial score (nSPS) is 16.4. The van der Waals surface area contributed by atoms with Gasteiger partial charge in [-0.2, -0.15) is 0 Å². The molecule has 1 aliphatic rings. The number of piperidine rings is 1. The van der Waals surface area contributed by atoms with Crippen molar-refractivity contribution in [3.8, 4) is 5.75 Å². The lowest BCUT2D eigenvalue weighted by Gasteiger charge is -2.42. The minimum absolute atomic E-state index is 0.191. The molecule has 3 rings (SSSR count). The van der Waals surface area contributed by atoms with Crippen LogP contribution in [0.2, 0.25) is 0 Å². The molecule has 0 bridgehead atoms. The van der Waals surface area contributed by atoms with Crippen LogP contribution < -0.4 is 4.74 Å². The Kier molecular flexibility index (Phi) is 8.15. The van der Waals surface area contributed by atoms with E-state index in [0.717, 1.165) is 5.56 Å². The SMILES string of the molecule is CCOC(=O)C1(C(O)c2cc(OCc3ccccc3)ccn2)CCN(C(=O)OC(C)(C)C)CC1. The number of esters is 1. The van der Waals surface area contributed by atoms with Gasteiger partial charge in [0.15, 0.2) is 0 Å². The first-order valence-corrected chi connectivity index (χ1v) is 11.6. The predicted molar refractivity (Wildman–Crippen MR) is 126 cm³/mol. The molecule has 1 fully saturated rings. The van der Waals surface area contributed by atoms with Crippen LogP contribution in [0.15, 0.2) is 48.7 Å². The maximum atomic E-state index is 13.1. The molecule has 1 unspecified atom stereocenters. The molecule has 8 heteroatoms. The van der Waals surface area contributed by atoms with Gasteiger partial charge in [0.25, 0.3) is 0 Å². The third-order valence-electron chi connectivity index (χ3n) is 5.79. The molecule has 0 saturated carbocycles. The third kappa shape index (κ3) is 6.26. The number of likely N-dealkylation sites (tertiary alicyclic amines) is 1. The van der Waals surface area contributed by atoms with E-state index < -0.39 is 29.2 Å². The van der Waals surface area contributed by atoms with Gasteiger partial charge < -0.3 is 24.2 Å². The van der Waals surface area contributed by atoms with Gasteiger partial charge in [0.2, 0.25) is 0 Å². The Bertz CT molecular complexity index is 965. The average Bonchev–Trinajstić information content (AvgIpc) is 2.82. The van der Waals surface area contributed by atoms with Crippen LogP contribution in [0, 0.1) is 5.41 Å². The fourth-order valence-electron chi connectivity index (χ4n) is 3.97. The van der Waals surface area contributed by atoms with Crippen LogP contribution in [0.4, 0.5) is 4.79 Å². The lowest BCUT2D eigenvalue weighted by atomic mass is 9.72. The van der Waals surface area contributed by atoms with Crippen LogP contribution in [0.3, 0.4) is 0 Å². The molecule has 0 radical (unpaired) electrons. The number of carbonyl (C=O) groups is 2. The highest BCUT2D eigenvalue weighted by Gasteiger charge is 2.50. The zero-order valence-electron chi connectivity index (χ0n) is 20.3. The quantitative estimate of drug-likeness (QED) is 0.603. The summed E-state index contributed by atoms with van der Waals surface area (Å²) in [5.74, 6) is 0.0434. The molecule has 0 spiro atoms. The van der Waals surface area contributed by atoms with Gasteiger partial charge in [-0.05, 0) is 52.2 Å². The number of pyridine rings is 1. The molecular formula is C26H34N2O6. The van der Waals surface area contributed by atoms with E-state index >= 15 is 0 Å². The lowest BCUT2D eigenvalue weighted by molar-refractivity contribution is -0.168. The standard InChI is InChI=1S/C26H34N2O6/c1-5-32-23(30)26(12-15-28(16-13-26)24(31)34-25(2,3)4)22(29)21-17-20(11-14-27-21)33-18-19-9-7-6-8-10-19/h6-11,14,17,22,29H,5,12-13,15-16,18H2,1-4H3. The number of nitrogens with zero attached hydrogens (tertiary/aromatic N) is 2. The van der Waals surface area contributed by atoms with E-state index in [1.54, 1.807) is 50.9 Å². The minimum Gasteiger partial charge on any atom is -0.489 e. The molecule has 1 atom stereocenters. The maximum absolute atomic E-state index is 13.1. The number of hydrogen-bond donors (Lipinski definition) is 1. The van der Waals surface area contributed by atoms with Crippen molar-refractivity contribution in [1.82, 2.24) is 9.88 Å². The highest BCUT2D eigenvalue weighted by molar-refractivity contribution is 5.78. The summed E-state index contributed by atoms with van der Waals surface area (Å²) in [6.07, 6.45) is 0.348. The first-order chi connectivity index (χ1) is 16.1. The molecule has 1 amide bonds. The number of aromatic nitrogens is 1. The van der Waals surface area contributed by atoms with Gasteiger partial charge in [-0.25, -0.2) is 4.79 Å². The molecular weight excluding hydrogens is 436 g/mol. The van der Waals surface area contributed by atoms with Crippen LogP contribution in [-0.2, 0) is 20.9 Å². The van der Waals surface area contributed by atoms with Gasteiger partial charge in [0.05, 0.1) is 12.3 Å². The molecule has 34 heavy (non-hydrogen) atoms. The fourth-order valence-corrected chi connectivity index (χ4v) is 3.97. The van der Waals surface area contributed by atoms with Gasteiger partial charge >= 0.3 is 12.1 Å². The number of rotatable bonds is 7. The van der Waals surface area contributed by atoms with E-state index in [-0.39, 0.29) is 32.5 Å². The Morgan fingerprint density at radius 3 is 2.44 bits per heavy atom. The fraction of sp³-hybridized carbons (Fsp3) is 0.500. The summed E-state index contributed by atoms with van der Waals surface area (Å²) in [4.78, 5) is 31.4. The summed E-state index contributed by atoms with van der Waals surface area (Å²) in [6, 6.07) is 13.1. The Balaban J connectivity index is 1.76. The number of aliphatic hydroxyl groups is 1. The van der Waals surface area contributed by atoms with Crippen molar-refractivity contribution in [2.75, 3.05) is 19.7 Å². The highest BCUT2D eigenvalue weighted by Crippen LogP contribution is 2.44. The molecule has 2 aromatic rings. The van der Waals surface area contributed by atoms with Crippen LogP contribution >= 0.6 is 0 Å². The number of aliphatic hydroxyl groups excluding tert-OH is 1. The zero-order valence-corrected chi connectivity index (χ0v) is 20.3. The number of ether oxygens (including phenoxy) is 3. The average molecular weight is 471 g/mol. The second-order valence-electron chi connectivity index (χ2n) is 9.44. The second kappa shape index (κ2) is 10.9. The van der Waals surface area contributed by atoms with E-state index in [2.05, 4.69) is 4.98 Å². The van der Waals surface area contributed by atoms with Crippen molar-refractivity contribution in [1.29, 1.82) is 0 Å². The lowest BCUT2D eigenvalue weighted by Crippen LogP contribution is -2.51. The smallest absolute Gasteiger partial charge is 0.410 e. The Hall–Kier alpha value is -3.13. The number of amides is 1. The van der Waals surface area contributed by atoms with Crippen molar-refractivity contribution in [3.05, 3.63) is 59.9 Å². The number of hydrogen-bond acceptors (Lipinski definition) is 7. The molecule has 0 aliphatic carbocycles. The molecule has 8 nitrogen and oxygen atoms in total. The van der Waals surface area contributed by atoms with E-state index in [1.165, 1.54) is 0 Å². The maximum Gasteiger partial charge on any atom is 0.410 e. The van der Waals surface area contributed by atoms with E-state index in [0.29, 0.717) is 18.1 Å². The van der Waals surface area contributed by atoms with E-state index in [1.807, 2.05) is 30.3 Å². The van der Waals surface area contributed by atoms with Crippen LogP contribution in [-0.4, -0.2) is 52.4 Å². The third-order valence-corrected chi connectivity index (χ3v) is 5.79. The van der Waals surface area contributed by atoms with E-state index in [9.17, 15) is 14.7 Å². The first-order valence-electron chi connectivity index (χ1n) is 11.6. The Morgan fingerprint density at radius 1 is 1.15 bits per heavy atom. The van der Waals surface area contributed by atoms with Crippen LogP contribution in [0.5, 0.6) is 5.75 Å². The summed E-state index contributed by atoms with van der Waals surface area (Å²) in [5, 5.41) is 11.4. The van der Waals surface area contributed by atoms with E-state index in [4.69, 9.17) is 14.2 Å². The topological polar surface area (TPSA) is 98.2 Å². The Morgan fingerprint density at radius 2 is 1.82 bits per heavy atom. The molecule has 2 heterocycles. The van der Waals surface area contributed by atoms with Gasteiger partial charge in [0.1, 0.15) is 29.5 Å². The summed E-state index contributed by atoms with van der Waals surface area (Å²) in [7, 11) is 0. The minimum atomic E-state index is -1.22. The molecule has 1 saturated heterocycles. The van der Waals surface area contributed by atoms with Crippen LogP contribution in [0.25, 0.3) is 0 Å². The molecule has 1 aromatic heterocycles. The summed E-state index contributed by atoms with van der Waals surface area (Å²) in [5.41, 5.74) is -0.501. The van der Waals surface area contributed by atoms with Crippen LogP contribution in [0.1, 0.15) is 57.9 Å². The monoisotopic (exact) mass is 470 g/mol. The number of carbonyl (C=O) groups excluding carboxylic acids is 2. The first kappa shape index (κ1) is 25.5. The predicted octanol–water partition coefficient (Wildman–Crippen LogP) is 4.27. The van der Waals surface area contributed by atoms with Gasteiger partial charge in [0, 0.05) is 25.4 Å². The summed E-state index contributed by atoms with van der Waals surface area (Å²) >= 11 is 0. The second-order valence-corrected chi connectivity index (χ2v) is 9.44. The largest absolute Gasteiger partial charge is 0.489 e. The molecule has 1 N–H and O–H groups in total. The zero-order chi connectivity index (χ0) is 24.8. The Labute approximate surface area is 200 Å². The van der Waals surface area contributed by atoms with Crippen molar-refractivity contribution in [2.45, 2.75) is 58.8 Å².